The van der Waals surface area contributed by atoms with Gasteiger partial charge in [0, 0.05) is 38.5 Å². The zero-order valence-electron chi connectivity index (χ0n) is 16.0. The maximum atomic E-state index is 12.5. The summed E-state index contributed by atoms with van der Waals surface area (Å²) in [7, 11) is -0.509. The molecule has 0 saturated carbocycles. The van der Waals surface area contributed by atoms with Crippen molar-refractivity contribution >= 4 is 15.9 Å². The highest BCUT2D eigenvalue weighted by atomic mass is 32.2. The van der Waals surface area contributed by atoms with Gasteiger partial charge < -0.3 is 10.6 Å². The van der Waals surface area contributed by atoms with E-state index in [4.69, 9.17) is 0 Å². The summed E-state index contributed by atoms with van der Waals surface area (Å²) in [6.45, 7) is 8.75. The molecule has 0 spiro atoms. The molecule has 1 aromatic rings. The lowest BCUT2D eigenvalue weighted by Crippen LogP contribution is -3.06. The number of benzene rings is 1. The molecule has 2 rings (SSSR count). The molecule has 0 aromatic heterocycles. The van der Waals surface area contributed by atoms with Crippen molar-refractivity contribution in [2.45, 2.75) is 62.6 Å². The highest BCUT2D eigenvalue weighted by Crippen LogP contribution is 2.22. The lowest BCUT2D eigenvalue weighted by atomic mass is 9.79. The van der Waals surface area contributed by atoms with Crippen LogP contribution in [0.5, 0.6) is 0 Å². The average molecular weight is 369 g/mol. The number of rotatable bonds is 4. The van der Waals surface area contributed by atoms with E-state index >= 15 is 0 Å². The Kier molecular flexibility index (Phi) is 5.33. The Morgan fingerprint density at radius 3 is 2.00 bits per heavy atom. The Balaban J connectivity index is 2.11. The molecule has 1 amide bonds. The number of sulfonamides is 1. The van der Waals surface area contributed by atoms with Crippen molar-refractivity contribution in [1.82, 2.24) is 9.62 Å². The Labute approximate surface area is 151 Å². The average Bonchev–Trinajstić information content (AvgIpc) is 2.43. The van der Waals surface area contributed by atoms with Gasteiger partial charge in [-0.05, 0) is 52.0 Å². The highest BCUT2D eigenvalue weighted by Gasteiger charge is 2.42. The van der Waals surface area contributed by atoms with Gasteiger partial charge in [0.25, 0.3) is 5.91 Å². The van der Waals surface area contributed by atoms with Crippen LogP contribution in [-0.2, 0) is 10.0 Å². The third-order valence-corrected chi connectivity index (χ3v) is 6.39. The monoisotopic (exact) mass is 368 g/mol. The van der Waals surface area contributed by atoms with Crippen molar-refractivity contribution in [3.63, 3.8) is 0 Å². The fourth-order valence-electron chi connectivity index (χ4n) is 3.88. The van der Waals surface area contributed by atoms with Crippen LogP contribution in [0.1, 0.15) is 50.9 Å². The number of hydrogen-bond acceptors (Lipinski definition) is 3. The summed E-state index contributed by atoms with van der Waals surface area (Å²) >= 11 is 0. The number of nitrogens with zero attached hydrogens (tertiary/aromatic N) is 1. The maximum absolute atomic E-state index is 12.5. The molecule has 6 nitrogen and oxygen atoms in total. The minimum Gasteiger partial charge on any atom is -0.349 e. The number of nitrogens with two attached hydrogens (primary N) is 1. The summed E-state index contributed by atoms with van der Waals surface area (Å²) in [5.74, 6) is -0.160. The van der Waals surface area contributed by atoms with Gasteiger partial charge >= 0.3 is 0 Å². The van der Waals surface area contributed by atoms with Gasteiger partial charge in [-0.1, -0.05) is 0 Å². The van der Waals surface area contributed by atoms with E-state index in [-0.39, 0.29) is 27.9 Å². The van der Waals surface area contributed by atoms with E-state index in [1.165, 1.54) is 26.2 Å². The number of nitrogens with one attached hydrogen (secondary N) is 1. The van der Waals surface area contributed by atoms with Crippen molar-refractivity contribution in [2.75, 3.05) is 14.1 Å². The van der Waals surface area contributed by atoms with Gasteiger partial charge in [-0.3, -0.25) is 4.79 Å². The summed E-state index contributed by atoms with van der Waals surface area (Å²) in [4.78, 5) is 12.7. The second-order valence-electron chi connectivity index (χ2n) is 8.51. The van der Waals surface area contributed by atoms with E-state index in [9.17, 15) is 13.2 Å². The van der Waals surface area contributed by atoms with E-state index in [1.54, 1.807) is 12.1 Å². The second kappa shape index (κ2) is 6.70. The molecule has 0 bridgehead atoms. The lowest BCUT2D eigenvalue weighted by molar-refractivity contribution is -0.787. The van der Waals surface area contributed by atoms with Crippen LogP contribution in [0.4, 0.5) is 0 Å². The standard InChI is InChI=1S/C18H29N3O3S/c1-17(2)11-14(12-18(3,4)20-17)19-16(22)13-7-9-15(10-8-13)25(23,24)21(5)6/h7-10,14,20H,11-12H2,1-6H3,(H,19,22)/p+1. The number of carbonyl (C=O) groups excluding carboxylic acids is 1. The minimum absolute atomic E-state index is 0.0728. The lowest BCUT2D eigenvalue weighted by Gasteiger charge is -2.43. The van der Waals surface area contributed by atoms with Gasteiger partial charge in [0.15, 0.2) is 0 Å². The van der Waals surface area contributed by atoms with Crippen molar-refractivity contribution in [3.8, 4) is 0 Å². The molecule has 0 atom stereocenters. The fraction of sp³-hybridized carbons (Fsp3) is 0.611. The highest BCUT2D eigenvalue weighted by molar-refractivity contribution is 7.89. The van der Waals surface area contributed by atoms with E-state index < -0.39 is 10.0 Å². The number of hydrogen-bond donors (Lipinski definition) is 2. The first-order valence-corrected chi connectivity index (χ1v) is 9.97. The van der Waals surface area contributed by atoms with E-state index in [1.807, 2.05) is 0 Å². The van der Waals surface area contributed by atoms with Crippen molar-refractivity contribution in [2.24, 2.45) is 0 Å². The zero-order chi connectivity index (χ0) is 19.0. The molecule has 140 valence electrons. The van der Waals surface area contributed by atoms with Crippen LogP contribution >= 0.6 is 0 Å². The third kappa shape index (κ3) is 4.80. The number of quaternary nitrogens is 1. The van der Waals surface area contributed by atoms with Crippen molar-refractivity contribution in [3.05, 3.63) is 29.8 Å². The summed E-state index contributed by atoms with van der Waals surface area (Å²) < 4.78 is 25.3. The van der Waals surface area contributed by atoms with E-state index in [0.29, 0.717) is 5.56 Å². The zero-order valence-corrected chi connectivity index (χ0v) is 16.8. The molecular formula is C18H30N3O3S+. The first-order valence-electron chi connectivity index (χ1n) is 8.53. The molecule has 0 unspecified atom stereocenters. The molecule has 1 aliphatic rings. The predicted molar refractivity (Wildman–Crippen MR) is 97.9 cm³/mol. The molecule has 1 aromatic carbocycles. The maximum Gasteiger partial charge on any atom is 0.251 e. The molecule has 1 saturated heterocycles. The van der Waals surface area contributed by atoms with Crippen LogP contribution in [0.2, 0.25) is 0 Å². The molecule has 0 aliphatic carbocycles. The molecule has 1 aliphatic heterocycles. The van der Waals surface area contributed by atoms with Crippen LogP contribution in [0.3, 0.4) is 0 Å². The molecular weight excluding hydrogens is 338 g/mol. The fourth-order valence-corrected chi connectivity index (χ4v) is 4.78. The first-order chi connectivity index (χ1) is 11.3. The van der Waals surface area contributed by atoms with Crippen LogP contribution in [-0.4, -0.2) is 49.8 Å². The molecule has 25 heavy (non-hydrogen) atoms. The Morgan fingerprint density at radius 1 is 1.08 bits per heavy atom. The van der Waals surface area contributed by atoms with Gasteiger partial charge in [-0.2, -0.15) is 0 Å². The van der Waals surface area contributed by atoms with Gasteiger partial charge in [0.2, 0.25) is 10.0 Å². The number of carbonyl (C=O) groups is 1. The van der Waals surface area contributed by atoms with Gasteiger partial charge in [-0.15, -0.1) is 0 Å². The largest absolute Gasteiger partial charge is 0.349 e. The van der Waals surface area contributed by atoms with Crippen LogP contribution in [0, 0.1) is 0 Å². The van der Waals surface area contributed by atoms with Crippen molar-refractivity contribution in [1.29, 1.82) is 0 Å². The Morgan fingerprint density at radius 2 is 1.56 bits per heavy atom. The van der Waals surface area contributed by atoms with Crippen LogP contribution in [0.15, 0.2) is 29.2 Å². The SMILES string of the molecule is CN(C)S(=O)(=O)c1ccc(C(=O)NC2CC(C)(C)[NH2+]C(C)(C)C2)cc1. The summed E-state index contributed by atoms with van der Waals surface area (Å²) in [6, 6.07) is 6.20. The first kappa shape index (κ1) is 19.9. The van der Waals surface area contributed by atoms with Gasteiger partial charge in [0.1, 0.15) is 0 Å². The third-order valence-electron chi connectivity index (χ3n) is 4.56. The molecule has 1 heterocycles. The minimum atomic E-state index is -3.48. The van der Waals surface area contributed by atoms with E-state index in [2.05, 4.69) is 38.3 Å². The normalized spacial score (nSPS) is 20.4. The van der Waals surface area contributed by atoms with Gasteiger partial charge in [0.05, 0.1) is 16.0 Å². The second-order valence-corrected chi connectivity index (χ2v) is 10.7. The summed E-state index contributed by atoms with van der Waals surface area (Å²) in [5, 5.41) is 5.47. The molecule has 0 radical (unpaired) electrons. The summed E-state index contributed by atoms with van der Waals surface area (Å²) in [5.41, 5.74) is 0.620. The number of amides is 1. The van der Waals surface area contributed by atoms with E-state index in [0.717, 1.165) is 17.1 Å². The quantitative estimate of drug-likeness (QED) is 0.830. The van der Waals surface area contributed by atoms with Gasteiger partial charge in [-0.25, -0.2) is 12.7 Å². The molecule has 7 heteroatoms. The van der Waals surface area contributed by atoms with Crippen LogP contribution < -0.4 is 10.6 Å². The predicted octanol–water partition coefficient (Wildman–Crippen LogP) is 0.950. The summed E-state index contributed by atoms with van der Waals surface area (Å²) in [6.07, 6.45) is 1.80. The Hall–Kier alpha value is -1.44. The Bertz CT molecular complexity index is 721. The topological polar surface area (TPSA) is 83.1 Å². The van der Waals surface area contributed by atoms with Crippen molar-refractivity contribution < 1.29 is 18.5 Å². The smallest absolute Gasteiger partial charge is 0.251 e. The molecule has 1 fully saturated rings. The molecule has 3 N–H and O–H groups in total. The van der Waals surface area contributed by atoms with Crippen LogP contribution in [0.25, 0.3) is 0 Å². The number of piperidine rings is 1.